The Balaban J connectivity index is 1.77. The van der Waals surface area contributed by atoms with Gasteiger partial charge in [0.25, 0.3) is 11.5 Å². The van der Waals surface area contributed by atoms with Crippen molar-refractivity contribution in [3.63, 3.8) is 0 Å². The first-order valence-corrected chi connectivity index (χ1v) is 9.05. The number of hydrogen-bond acceptors (Lipinski definition) is 4. The van der Waals surface area contributed by atoms with Crippen LogP contribution in [0.5, 0.6) is 0 Å². The molecule has 144 valence electrons. The zero-order valence-corrected chi connectivity index (χ0v) is 15.6. The number of nitrogens with one attached hydrogen (secondary N) is 1. The van der Waals surface area contributed by atoms with E-state index in [4.69, 9.17) is 5.73 Å². The molecule has 0 fully saturated rings. The van der Waals surface area contributed by atoms with Gasteiger partial charge in [-0.3, -0.25) is 19.4 Å². The smallest absolute Gasteiger partial charge is 0.259 e. The Kier molecular flexibility index (Phi) is 4.56. The van der Waals surface area contributed by atoms with Gasteiger partial charge in [0.15, 0.2) is 0 Å². The van der Waals surface area contributed by atoms with Crippen molar-refractivity contribution < 1.29 is 9.59 Å². The molecule has 29 heavy (non-hydrogen) atoms. The van der Waals surface area contributed by atoms with Crippen molar-refractivity contribution in [2.24, 2.45) is 5.73 Å². The molecule has 0 aliphatic rings. The summed E-state index contributed by atoms with van der Waals surface area (Å²) >= 11 is 0. The van der Waals surface area contributed by atoms with E-state index in [1.807, 2.05) is 12.1 Å². The second-order valence-corrected chi connectivity index (χ2v) is 6.70. The van der Waals surface area contributed by atoms with Gasteiger partial charge in [0.1, 0.15) is 6.04 Å². The lowest BCUT2D eigenvalue weighted by molar-refractivity contribution is -0.120. The molecule has 3 N–H and O–H groups in total. The molecule has 7 nitrogen and oxygen atoms in total. The highest BCUT2D eigenvalue weighted by atomic mass is 16.2. The van der Waals surface area contributed by atoms with Gasteiger partial charge in [-0.15, -0.1) is 0 Å². The van der Waals surface area contributed by atoms with Crippen LogP contribution < -0.4 is 16.6 Å². The van der Waals surface area contributed by atoms with Crippen LogP contribution in [0, 0.1) is 0 Å². The van der Waals surface area contributed by atoms with Gasteiger partial charge < -0.3 is 15.6 Å². The minimum Gasteiger partial charge on any atom is -0.368 e. The Morgan fingerprint density at radius 3 is 2.55 bits per heavy atom. The minimum absolute atomic E-state index is 0.300. The van der Waals surface area contributed by atoms with E-state index in [1.54, 1.807) is 55.6 Å². The molecule has 2 heterocycles. The SMILES string of the molecule is C[C@H](C(N)=O)n1ccc2c(NC(=O)c3cccc4ncccc34)cccc2c1=O. The molecule has 0 aliphatic carbocycles. The van der Waals surface area contributed by atoms with Crippen molar-refractivity contribution in [1.82, 2.24) is 9.55 Å². The third-order valence-corrected chi connectivity index (χ3v) is 4.94. The van der Waals surface area contributed by atoms with E-state index in [2.05, 4.69) is 10.3 Å². The summed E-state index contributed by atoms with van der Waals surface area (Å²) in [7, 11) is 0. The van der Waals surface area contributed by atoms with Crippen molar-refractivity contribution in [2.45, 2.75) is 13.0 Å². The molecule has 0 aliphatic heterocycles. The molecular formula is C22H18N4O3. The molecular weight excluding hydrogens is 368 g/mol. The summed E-state index contributed by atoms with van der Waals surface area (Å²) in [6.07, 6.45) is 3.18. The first-order valence-electron chi connectivity index (χ1n) is 9.05. The molecule has 4 rings (SSSR count). The van der Waals surface area contributed by atoms with E-state index < -0.39 is 11.9 Å². The third kappa shape index (κ3) is 3.23. The fraction of sp³-hybridized carbons (Fsp3) is 0.0909. The van der Waals surface area contributed by atoms with Crippen LogP contribution in [0.15, 0.2) is 71.8 Å². The fourth-order valence-electron chi connectivity index (χ4n) is 3.33. The number of pyridine rings is 2. The summed E-state index contributed by atoms with van der Waals surface area (Å²) in [4.78, 5) is 41.5. The molecule has 0 saturated carbocycles. The van der Waals surface area contributed by atoms with Gasteiger partial charge in [-0.25, -0.2) is 0 Å². The van der Waals surface area contributed by atoms with Crippen molar-refractivity contribution in [3.8, 4) is 0 Å². The minimum atomic E-state index is -0.770. The van der Waals surface area contributed by atoms with Crippen LogP contribution >= 0.6 is 0 Å². The van der Waals surface area contributed by atoms with E-state index in [-0.39, 0.29) is 11.5 Å². The molecule has 0 spiro atoms. The zero-order chi connectivity index (χ0) is 20.5. The topological polar surface area (TPSA) is 107 Å². The Bertz CT molecular complexity index is 1320. The van der Waals surface area contributed by atoms with Gasteiger partial charge in [-0.2, -0.15) is 0 Å². The first-order chi connectivity index (χ1) is 14.0. The van der Waals surface area contributed by atoms with Crippen molar-refractivity contribution >= 4 is 39.2 Å². The molecule has 0 radical (unpaired) electrons. The van der Waals surface area contributed by atoms with Crippen LogP contribution in [0.1, 0.15) is 23.3 Å². The quantitative estimate of drug-likeness (QED) is 0.562. The summed E-state index contributed by atoms with van der Waals surface area (Å²) in [6, 6.07) is 14.9. The number of primary amides is 1. The van der Waals surface area contributed by atoms with Crippen LogP contribution in [-0.4, -0.2) is 21.4 Å². The monoisotopic (exact) mass is 386 g/mol. The second-order valence-electron chi connectivity index (χ2n) is 6.70. The Morgan fingerprint density at radius 1 is 1.00 bits per heavy atom. The van der Waals surface area contributed by atoms with Gasteiger partial charge >= 0.3 is 0 Å². The average molecular weight is 386 g/mol. The molecule has 0 unspecified atom stereocenters. The molecule has 2 amide bonds. The Hall–Kier alpha value is -4.00. The molecule has 2 aromatic heterocycles. The predicted octanol–water partition coefficient (Wildman–Crippen LogP) is 2.85. The summed E-state index contributed by atoms with van der Waals surface area (Å²) in [5.74, 6) is -0.897. The summed E-state index contributed by atoms with van der Waals surface area (Å²) in [5.41, 5.74) is 6.69. The van der Waals surface area contributed by atoms with E-state index in [1.165, 1.54) is 10.8 Å². The molecule has 0 saturated heterocycles. The maximum atomic E-state index is 12.9. The van der Waals surface area contributed by atoms with E-state index in [9.17, 15) is 14.4 Å². The number of anilines is 1. The summed E-state index contributed by atoms with van der Waals surface area (Å²) in [6.45, 7) is 1.57. The molecule has 1 atom stereocenters. The lowest BCUT2D eigenvalue weighted by Crippen LogP contribution is -2.31. The molecule has 2 aromatic carbocycles. The van der Waals surface area contributed by atoms with Crippen LogP contribution in [-0.2, 0) is 4.79 Å². The maximum Gasteiger partial charge on any atom is 0.259 e. The van der Waals surface area contributed by atoms with Crippen LogP contribution in [0.2, 0.25) is 0 Å². The van der Waals surface area contributed by atoms with Crippen molar-refractivity contribution in [2.75, 3.05) is 5.32 Å². The lowest BCUT2D eigenvalue weighted by atomic mass is 10.1. The van der Waals surface area contributed by atoms with Gasteiger partial charge in [0.05, 0.1) is 5.52 Å². The maximum absolute atomic E-state index is 12.9. The number of aromatic nitrogens is 2. The van der Waals surface area contributed by atoms with Gasteiger partial charge in [0.2, 0.25) is 5.91 Å². The number of nitrogens with two attached hydrogens (primary N) is 1. The number of rotatable bonds is 4. The molecule has 7 heteroatoms. The van der Waals surface area contributed by atoms with Crippen LogP contribution in [0.3, 0.4) is 0 Å². The normalized spacial score (nSPS) is 12.0. The van der Waals surface area contributed by atoms with Crippen molar-refractivity contribution in [1.29, 1.82) is 0 Å². The highest BCUT2D eigenvalue weighted by Crippen LogP contribution is 2.24. The van der Waals surface area contributed by atoms with E-state index in [0.29, 0.717) is 22.0 Å². The van der Waals surface area contributed by atoms with Gasteiger partial charge in [0, 0.05) is 39.8 Å². The highest BCUT2D eigenvalue weighted by Gasteiger charge is 2.16. The molecule has 0 bridgehead atoms. The van der Waals surface area contributed by atoms with E-state index in [0.717, 1.165) is 10.9 Å². The standard InChI is InChI=1S/C22H18N4O3/c1-13(20(23)27)26-12-10-15-17(22(26)29)6-3-9-19(15)25-21(28)16-5-2-8-18-14(16)7-4-11-24-18/h2-13H,1H3,(H2,23,27)(H,25,28)/t13-/m1/s1. The fourth-order valence-corrected chi connectivity index (χ4v) is 3.33. The molecule has 4 aromatic rings. The first kappa shape index (κ1) is 18.4. The number of nitrogens with zero attached hydrogens (tertiary/aromatic N) is 2. The number of hydrogen-bond donors (Lipinski definition) is 2. The Labute approximate surface area is 165 Å². The number of fused-ring (bicyclic) bond motifs is 2. The number of carbonyl (C=O) groups excluding carboxylic acids is 2. The Morgan fingerprint density at radius 2 is 1.76 bits per heavy atom. The predicted molar refractivity (Wildman–Crippen MR) is 112 cm³/mol. The van der Waals surface area contributed by atoms with Crippen LogP contribution in [0.4, 0.5) is 5.69 Å². The van der Waals surface area contributed by atoms with E-state index >= 15 is 0 Å². The van der Waals surface area contributed by atoms with Gasteiger partial charge in [-0.05, 0) is 43.3 Å². The number of benzene rings is 2. The highest BCUT2D eigenvalue weighted by molar-refractivity contribution is 6.14. The van der Waals surface area contributed by atoms with Gasteiger partial charge in [-0.1, -0.05) is 18.2 Å². The largest absolute Gasteiger partial charge is 0.368 e. The summed E-state index contributed by atoms with van der Waals surface area (Å²) in [5, 5.41) is 4.59. The number of amides is 2. The summed E-state index contributed by atoms with van der Waals surface area (Å²) < 4.78 is 1.28. The zero-order valence-electron chi connectivity index (χ0n) is 15.6. The second kappa shape index (κ2) is 7.20. The third-order valence-electron chi connectivity index (χ3n) is 4.94. The van der Waals surface area contributed by atoms with Crippen molar-refractivity contribution in [3.05, 3.63) is 82.9 Å². The lowest BCUT2D eigenvalue weighted by Gasteiger charge is -2.14. The number of carbonyl (C=O) groups is 2. The average Bonchev–Trinajstić information content (AvgIpc) is 2.73. The van der Waals surface area contributed by atoms with Crippen LogP contribution in [0.25, 0.3) is 21.7 Å².